The molecule has 0 atom stereocenters. The molecular weight excluding hydrogens is 424 g/mol. The number of nitrogens with zero attached hydrogens (tertiary/aromatic N) is 2. The molecule has 34 heavy (non-hydrogen) atoms. The van der Waals surface area contributed by atoms with Crippen LogP contribution in [0.4, 0.5) is 0 Å². The summed E-state index contributed by atoms with van der Waals surface area (Å²) in [6.45, 7) is 4.81. The molecule has 3 aromatic carbocycles. The Labute approximate surface area is 199 Å². The zero-order chi connectivity index (χ0) is 23.9. The van der Waals surface area contributed by atoms with E-state index in [1.807, 2.05) is 62.5 Å². The van der Waals surface area contributed by atoms with Crippen LogP contribution in [0.25, 0.3) is 32.8 Å². The highest BCUT2D eigenvalue weighted by atomic mass is 16.5. The van der Waals surface area contributed by atoms with Gasteiger partial charge in [-0.2, -0.15) is 0 Å². The van der Waals surface area contributed by atoms with Crippen molar-refractivity contribution in [2.24, 2.45) is 0 Å². The van der Waals surface area contributed by atoms with Crippen molar-refractivity contribution in [1.29, 1.82) is 0 Å². The van der Waals surface area contributed by atoms with Crippen molar-refractivity contribution < 1.29 is 9.47 Å². The number of ether oxygens (including phenoxy) is 2. The predicted octanol–water partition coefficient (Wildman–Crippen LogP) is 6.33. The number of aromatic nitrogens is 2. The number of rotatable bonds is 6. The zero-order valence-electron chi connectivity index (χ0n) is 19.7. The van der Waals surface area contributed by atoms with E-state index in [0.717, 1.165) is 33.5 Å². The van der Waals surface area contributed by atoms with Crippen molar-refractivity contribution in [3.8, 4) is 22.6 Å². The first-order valence-corrected chi connectivity index (χ1v) is 11.5. The van der Waals surface area contributed by atoms with Crippen LogP contribution in [0, 0.1) is 0 Å². The van der Waals surface area contributed by atoms with Gasteiger partial charge in [-0.3, -0.25) is 9.78 Å². The van der Waals surface area contributed by atoms with Gasteiger partial charge in [-0.05, 0) is 52.2 Å². The molecule has 5 aromatic rings. The number of fused-ring (bicyclic) bond motifs is 2. The maximum atomic E-state index is 12.4. The molecule has 172 valence electrons. The van der Waals surface area contributed by atoms with Gasteiger partial charge in [0, 0.05) is 29.9 Å². The highest BCUT2D eigenvalue weighted by molar-refractivity contribution is 5.87. The molecule has 0 aliphatic heterocycles. The van der Waals surface area contributed by atoms with Gasteiger partial charge >= 0.3 is 0 Å². The normalized spacial score (nSPS) is 10.6. The molecule has 5 rings (SSSR count). The van der Waals surface area contributed by atoms with Crippen LogP contribution in [0.5, 0.6) is 11.5 Å². The number of methoxy groups -OCH3 is 1. The molecule has 2 aromatic heterocycles. The fourth-order valence-electron chi connectivity index (χ4n) is 3.85. The van der Waals surface area contributed by atoms with Crippen LogP contribution < -0.4 is 15.0 Å². The molecule has 0 radical (unpaired) electrons. The van der Waals surface area contributed by atoms with Crippen LogP contribution in [-0.2, 0) is 6.54 Å². The molecule has 0 saturated carbocycles. The standard InChI is InChI=1S/C27H22N2O3.C2H6/c1-31-23-9-10-24-25(17-23)28-13-12-26(24)32-15-14-29-18-22(8-11-27(29)30)21-7-6-19-4-2-3-5-20(19)16-21;1-2/h2-13,16-18H,14-15H2,1H3;1-2H3. The third-order valence-corrected chi connectivity index (χ3v) is 5.57. The SMILES string of the molecule is CC.COc1ccc2c(OCCn3cc(-c4ccc5ccccc5c4)ccc3=O)ccnc2c1. The molecule has 0 aliphatic rings. The summed E-state index contributed by atoms with van der Waals surface area (Å²) in [7, 11) is 1.63. The lowest BCUT2D eigenvalue weighted by atomic mass is 10.0. The average Bonchev–Trinajstić information content (AvgIpc) is 2.90. The van der Waals surface area contributed by atoms with E-state index in [1.165, 1.54) is 10.8 Å². The first-order valence-electron chi connectivity index (χ1n) is 11.5. The second-order valence-corrected chi connectivity index (χ2v) is 7.55. The zero-order valence-corrected chi connectivity index (χ0v) is 19.7. The first-order chi connectivity index (χ1) is 16.7. The molecule has 0 unspecified atom stereocenters. The smallest absolute Gasteiger partial charge is 0.250 e. The lowest BCUT2D eigenvalue weighted by molar-refractivity contribution is 0.299. The summed E-state index contributed by atoms with van der Waals surface area (Å²) in [5.41, 5.74) is 2.82. The summed E-state index contributed by atoms with van der Waals surface area (Å²) in [6, 6.07) is 25.6. The summed E-state index contributed by atoms with van der Waals surface area (Å²) in [5.74, 6) is 1.48. The minimum Gasteiger partial charge on any atom is -0.497 e. The Morgan fingerprint density at radius 1 is 0.853 bits per heavy atom. The molecule has 0 saturated heterocycles. The second kappa shape index (κ2) is 10.7. The molecule has 5 heteroatoms. The third-order valence-electron chi connectivity index (χ3n) is 5.57. The van der Waals surface area contributed by atoms with Gasteiger partial charge in [0.25, 0.3) is 5.56 Å². The lowest BCUT2D eigenvalue weighted by Gasteiger charge is -2.12. The molecule has 0 aliphatic carbocycles. The summed E-state index contributed by atoms with van der Waals surface area (Å²) < 4.78 is 13.0. The Hall–Kier alpha value is -4.12. The van der Waals surface area contributed by atoms with E-state index in [1.54, 1.807) is 23.9 Å². The van der Waals surface area contributed by atoms with E-state index in [4.69, 9.17) is 9.47 Å². The number of pyridine rings is 2. The fourth-order valence-corrected chi connectivity index (χ4v) is 3.85. The summed E-state index contributed by atoms with van der Waals surface area (Å²) >= 11 is 0. The number of hydrogen-bond acceptors (Lipinski definition) is 4. The van der Waals surface area contributed by atoms with Crippen molar-refractivity contribution in [1.82, 2.24) is 9.55 Å². The largest absolute Gasteiger partial charge is 0.497 e. The maximum Gasteiger partial charge on any atom is 0.250 e. The van der Waals surface area contributed by atoms with E-state index >= 15 is 0 Å². The minimum absolute atomic E-state index is 0.0533. The van der Waals surface area contributed by atoms with E-state index in [2.05, 4.69) is 35.3 Å². The van der Waals surface area contributed by atoms with E-state index in [0.29, 0.717) is 13.2 Å². The molecule has 0 bridgehead atoms. The van der Waals surface area contributed by atoms with Gasteiger partial charge < -0.3 is 14.0 Å². The molecule has 0 amide bonds. The Morgan fingerprint density at radius 2 is 1.65 bits per heavy atom. The molecular formula is C29H28N2O3. The summed E-state index contributed by atoms with van der Waals surface area (Å²) in [5, 5.41) is 3.28. The van der Waals surface area contributed by atoms with E-state index in [9.17, 15) is 4.79 Å². The quantitative estimate of drug-likeness (QED) is 0.302. The second-order valence-electron chi connectivity index (χ2n) is 7.55. The van der Waals surface area contributed by atoms with Gasteiger partial charge in [0.2, 0.25) is 0 Å². The van der Waals surface area contributed by atoms with Crippen LogP contribution in [0.1, 0.15) is 13.8 Å². The molecule has 0 spiro atoms. The van der Waals surface area contributed by atoms with Crippen molar-refractivity contribution >= 4 is 21.7 Å². The monoisotopic (exact) mass is 452 g/mol. The average molecular weight is 453 g/mol. The van der Waals surface area contributed by atoms with Crippen LogP contribution in [0.15, 0.2) is 96.1 Å². The Kier molecular flexibility index (Phi) is 7.23. The minimum atomic E-state index is -0.0533. The van der Waals surface area contributed by atoms with Crippen LogP contribution in [0.2, 0.25) is 0 Å². The molecule has 0 fully saturated rings. The van der Waals surface area contributed by atoms with Crippen molar-refractivity contribution in [2.75, 3.05) is 13.7 Å². The van der Waals surface area contributed by atoms with Crippen molar-refractivity contribution in [3.63, 3.8) is 0 Å². The van der Waals surface area contributed by atoms with Gasteiger partial charge in [0.1, 0.15) is 18.1 Å². The molecule has 0 N–H and O–H groups in total. The highest BCUT2D eigenvalue weighted by Gasteiger charge is 2.07. The molecule has 2 heterocycles. The maximum absolute atomic E-state index is 12.4. The van der Waals surface area contributed by atoms with Gasteiger partial charge in [-0.1, -0.05) is 50.2 Å². The van der Waals surface area contributed by atoms with Gasteiger partial charge in [0.15, 0.2) is 0 Å². The van der Waals surface area contributed by atoms with E-state index < -0.39 is 0 Å². The van der Waals surface area contributed by atoms with Gasteiger partial charge in [0.05, 0.1) is 19.2 Å². The fraction of sp³-hybridized carbons (Fsp3) is 0.172. The summed E-state index contributed by atoms with van der Waals surface area (Å²) in [6.07, 6.45) is 3.61. The lowest BCUT2D eigenvalue weighted by Crippen LogP contribution is -2.21. The summed E-state index contributed by atoms with van der Waals surface area (Å²) in [4.78, 5) is 16.8. The van der Waals surface area contributed by atoms with Crippen LogP contribution in [0.3, 0.4) is 0 Å². The highest BCUT2D eigenvalue weighted by Crippen LogP contribution is 2.27. The van der Waals surface area contributed by atoms with Crippen LogP contribution >= 0.6 is 0 Å². The van der Waals surface area contributed by atoms with Crippen molar-refractivity contribution in [2.45, 2.75) is 20.4 Å². The first kappa shape index (κ1) is 23.1. The van der Waals surface area contributed by atoms with E-state index in [-0.39, 0.29) is 5.56 Å². The Morgan fingerprint density at radius 3 is 2.47 bits per heavy atom. The van der Waals surface area contributed by atoms with Crippen molar-refractivity contribution in [3.05, 3.63) is 102 Å². The Bertz CT molecular complexity index is 1470. The Balaban J connectivity index is 0.00000133. The number of benzene rings is 3. The van der Waals surface area contributed by atoms with Gasteiger partial charge in [-0.15, -0.1) is 0 Å². The van der Waals surface area contributed by atoms with Gasteiger partial charge in [-0.25, -0.2) is 0 Å². The topological polar surface area (TPSA) is 53.4 Å². The van der Waals surface area contributed by atoms with Crippen LogP contribution in [-0.4, -0.2) is 23.3 Å². The predicted molar refractivity (Wildman–Crippen MR) is 139 cm³/mol. The third kappa shape index (κ3) is 4.94. The number of hydrogen-bond donors (Lipinski definition) is 0. The molecule has 5 nitrogen and oxygen atoms in total.